The Balaban J connectivity index is 1.52. The van der Waals surface area contributed by atoms with Crippen LogP contribution in [0.5, 0.6) is 5.75 Å². The van der Waals surface area contributed by atoms with Crippen molar-refractivity contribution in [1.82, 2.24) is 20.6 Å². The fourth-order valence-electron chi connectivity index (χ4n) is 3.04. The molecule has 10 heteroatoms. The Morgan fingerprint density at radius 2 is 1.97 bits per heavy atom. The van der Waals surface area contributed by atoms with Crippen molar-refractivity contribution in [3.05, 3.63) is 63.7 Å². The fourth-order valence-corrected chi connectivity index (χ4v) is 3.04. The predicted octanol–water partition coefficient (Wildman–Crippen LogP) is 0.544. The van der Waals surface area contributed by atoms with Gasteiger partial charge in [-0.25, -0.2) is 4.98 Å². The molecule has 10 nitrogen and oxygen atoms in total. The summed E-state index contributed by atoms with van der Waals surface area (Å²) in [7, 11) is 1.49. The Morgan fingerprint density at radius 1 is 1.13 bits per heavy atom. The Bertz CT molecular complexity index is 1250. The van der Waals surface area contributed by atoms with Crippen LogP contribution in [0.3, 0.4) is 0 Å². The monoisotopic (exact) mass is 407 g/mol. The molecule has 0 radical (unpaired) electrons. The molecule has 0 atom stereocenters. The van der Waals surface area contributed by atoms with Gasteiger partial charge in [0.2, 0.25) is 0 Å². The molecule has 0 saturated carbocycles. The molecule has 30 heavy (non-hydrogen) atoms. The molecule has 1 aliphatic heterocycles. The molecule has 3 aromatic rings. The van der Waals surface area contributed by atoms with E-state index in [4.69, 9.17) is 4.74 Å². The molecule has 0 bridgehead atoms. The number of nitrogens with one attached hydrogen (secondary N) is 4. The maximum Gasteiger partial charge on any atom is 0.287 e. The van der Waals surface area contributed by atoms with E-state index in [2.05, 4.69) is 25.9 Å². The minimum atomic E-state index is -0.567. The highest BCUT2D eigenvalue weighted by atomic mass is 16.5. The Kier molecular flexibility index (Phi) is 4.88. The second kappa shape index (κ2) is 7.66. The highest BCUT2D eigenvalue weighted by Gasteiger charge is 2.17. The summed E-state index contributed by atoms with van der Waals surface area (Å²) in [6.45, 7) is 0.119. The van der Waals surface area contributed by atoms with Gasteiger partial charge >= 0.3 is 0 Å². The summed E-state index contributed by atoms with van der Waals surface area (Å²) < 4.78 is 5.30. The number of aromatic amines is 1. The zero-order valence-corrected chi connectivity index (χ0v) is 15.9. The molecular formula is C20H17N5O5. The molecule has 2 aromatic carbocycles. The molecule has 4 rings (SSSR count). The summed E-state index contributed by atoms with van der Waals surface area (Å²) >= 11 is 0. The number of aromatic nitrogens is 2. The number of carbonyl (C=O) groups excluding carboxylic acids is 3. The second-order valence-electron chi connectivity index (χ2n) is 6.58. The lowest BCUT2D eigenvalue weighted by Gasteiger charge is -2.18. The maximum absolute atomic E-state index is 12.5. The first-order chi connectivity index (χ1) is 14.4. The van der Waals surface area contributed by atoms with E-state index < -0.39 is 11.5 Å². The number of fused-ring (bicyclic) bond motifs is 2. The molecule has 0 saturated heterocycles. The van der Waals surface area contributed by atoms with E-state index in [1.54, 1.807) is 18.2 Å². The second-order valence-corrected chi connectivity index (χ2v) is 6.58. The first-order valence-corrected chi connectivity index (χ1v) is 9.04. The third-order valence-electron chi connectivity index (χ3n) is 4.54. The molecule has 1 aliphatic rings. The molecule has 4 N–H and O–H groups in total. The van der Waals surface area contributed by atoms with Crippen LogP contribution in [0.15, 0.2) is 41.2 Å². The van der Waals surface area contributed by atoms with E-state index in [0.29, 0.717) is 22.5 Å². The molecule has 3 amide bonds. The van der Waals surface area contributed by atoms with Gasteiger partial charge in [-0.15, -0.1) is 0 Å². The van der Waals surface area contributed by atoms with E-state index in [0.717, 1.165) is 5.56 Å². The number of hydrogen-bond donors (Lipinski definition) is 4. The van der Waals surface area contributed by atoms with Crippen LogP contribution in [-0.2, 0) is 11.3 Å². The third-order valence-corrected chi connectivity index (χ3v) is 4.54. The molecule has 1 aromatic heterocycles. The number of rotatable bonds is 4. The van der Waals surface area contributed by atoms with Crippen molar-refractivity contribution < 1.29 is 19.1 Å². The quantitative estimate of drug-likeness (QED) is 0.497. The number of hydrogen-bond acceptors (Lipinski definition) is 6. The minimum Gasteiger partial charge on any atom is -0.482 e. The zero-order valence-electron chi connectivity index (χ0n) is 15.9. The lowest BCUT2D eigenvalue weighted by molar-refractivity contribution is -0.118. The van der Waals surface area contributed by atoms with Gasteiger partial charge in [0.05, 0.1) is 16.6 Å². The SMILES string of the molecule is CNC(=O)c1ccc2nc(C(=O)NCc3ccc4c(c3)NC(=O)CO4)[nH]c(=O)c2c1. The van der Waals surface area contributed by atoms with E-state index in [1.807, 2.05) is 0 Å². The third kappa shape index (κ3) is 3.70. The number of carbonyl (C=O) groups is 3. The molecule has 0 spiro atoms. The van der Waals surface area contributed by atoms with Crippen LogP contribution in [0, 0.1) is 0 Å². The lowest BCUT2D eigenvalue weighted by Crippen LogP contribution is -2.28. The smallest absolute Gasteiger partial charge is 0.287 e. The molecule has 0 aliphatic carbocycles. The van der Waals surface area contributed by atoms with E-state index in [9.17, 15) is 19.2 Å². The van der Waals surface area contributed by atoms with Gasteiger partial charge in [-0.05, 0) is 35.9 Å². The highest BCUT2D eigenvalue weighted by Crippen LogP contribution is 2.28. The van der Waals surface area contributed by atoms with Crippen LogP contribution in [-0.4, -0.2) is 41.3 Å². The Hall–Kier alpha value is -4.21. The van der Waals surface area contributed by atoms with Gasteiger partial charge in [0, 0.05) is 19.2 Å². The van der Waals surface area contributed by atoms with Crippen molar-refractivity contribution in [1.29, 1.82) is 0 Å². The number of amides is 3. The topological polar surface area (TPSA) is 142 Å². The van der Waals surface area contributed by atoms with Gasteiger partial charge in [0.15, 0.2) is 12.4 Å². The van der Waals surface area contributed by atoms with Crippen molar-refractivity contribution in [2.45, 2.75) is 6.54 Å². The van der Waals surface area contributed by atoms with E-state index >= 15 is 0 Å². The Labute approximate surface area is 169 Å². The number of anilines is 1. The normalized spacial score (nSPS) is 12.5. The molecule has 152 valence electrons. The average molecular weight is 407 g/mol. The molecule has 2 heterocycles. The van der Waals surface area contributed by atoms with Gasteiger partial charge in [0.25, 0.3) is 23.3 Å². The average Bonchev–Trinajstić information content (AvgIpc) is 2.76. The Morgan fingerprint density at radius 3 is 2.77 bits per heavy atom. The van der Waals surface area contributed by atoms with Crippen molar-refractivity contribution in [2.24, 2.45) is 0 Å². The number of benzene rings is 2. The molecular weight excluding hydrogens is 390 g/mol. The number of ether oxygens (including phenoxy) is 1. The van der Waals surface area contributed by atoms with Crippen LogP contribution in [0.25, 0.3) is 10.9 Å². The largest absolute Gasteiger partial charge is 0.482 e. The molecule has 0 fully saturated rings. The minimum absolute atomic E-state index is 0.0330. The lowest BCUT2D eigenvalue weighted by atomic mass is 10.1. The van der Waals surface area contributed by atoms with Crippen molar-refractivity contribution in [3.63, 3.8) is 0 Å². The van der Waals surface area contributed by atoms with Crippen LogP contribution < -0.4 is 26.2 Å². The van der Waals surface area contributed by atoms with Gasteiger partial charge in [-0.1, -0.05) is 6.07 Å². The van der Waals surface area contributed by atoms with E-state index in [1.165, 1.54) is 25.2 Å². The standard InChI is InChI=1S/C20H17N5O5/c1-21-18(27)11-3-4-13-12(7-11)19(28)25-17(24-13)20(29)22-8-10-2-5-15-14(6-10)23-16(26)9-30-15/h2-7H,8-9H2,1H3,(H,21,27)(H,22,29)(H,23,26)(H,24,25,28). The van der Waals surface area contributed by atoms with Crippen LogP contribution >= 0.6 is 0 Å². The first kappa shape index (κ1) is 19.1. The van der Waals surface area contributed by atoms with Crippen molar-refractivity contribution in [3.8, 4) is 5.75 Å². The zero-order chi connectivity index (χ0) is 21.3. The number of nitrogens with zero attached hydrogens (tertiary/aromatic N) is 1. The highest BCUT2D eigenvalue weighted by molar-refractivity contribution is 5.98. The van der Waals surface area contributed by atoms with Gasteiger partial charge in [-0.2, -0.15) is 0 Å². The maximum atomic E-state index is 12.5. The summed E-state index contributed by atoms with van der Waals surface area (Å²) in [5, 5.41) is 8.06. The van der Waals surface area contributed by atoms with Crippen LogP contribution in [0.2, 0.25) is 0 Å². The summed E-state index contributed by atoms with van der Waals surface area (Å²) in [6.07, 6.45) is 0. The molecule has 0 unspecified atom stereocenters. The van der Waals surface area contributed by atoms with Gasteiger partial charge in [-0.3, -0.25) is 19.2 Å². The van der Waals surface area contributed by atoms with Crippen LogP contribution in [0.1, 0.15) is 26.5 Å². The summed E-state index contributed by atoms with van der Waals surface area (Å²) in [6, 6.07) is 9.62. The van der Waals surface area contributed by atoms with Crippen molar-refractivity contribution in [2.75, 3.05) is 19.0 Å². The van der Waals surface area contributed by atoms with Gasteiger partial charge < -0.3 is 25.7 Å². The van der Waals surface area contributed by atoms with Crippen LogP contribution in [0.4, 0.5) is 5.69 Å². The summed E-state index contributed by atoms with van der Waals surface area (Å²) in [5.74, 6) is -0.732. The fraction of sp³-hybridized carbons (Fsp3) is 0.150. The summed E-state index contributed by atoms with van der Waals surface area (Å²) in [4.78, 5) is 54.6. The first-order valence-electron chi connectivity index (χ1n) is 9.04. The van der Waals surface area contributed by atoms with E-state index in [-0.39, 0.29) is 36.2 Å². The number of H-pyrrole nitrogens is 1. The summed E-state index contributed by atoms with van der Waals surface area (Å²) in [5.41, 5.74) is 1.35. The van der Waals surface area contributed by atoms with Crippen molar-refractivity contribution >= 4 is 34.3 Å². The predicted molar refractivity (Wildman–Crippen MR) is 107 cm³/mol. The van der Waals surface area contributed by atoms with Gasteiger partial charge in [0.1, 0.15) is 5.75 Å².